The van der Waals surface area contributed by atoms with Gasteiger partial charge in [0.05, 0.1) is 0 Å². The Hall–Kier alpha value is -3.19. The van der Waals surface area contributed by atoms with Gasteiger partial charge in [-0.05, 0) is 62.9 Å². The summed E-state index contributed by atoms with van der Waals surface area (Å²) < 4.78 is 6.51. The Morgan fingerprint density at radius 1 is 1.06 bits per heavy atom. The van der Waals surface area contributed by atoms with Gasteiger partial charge in [0.1, 0.15) is 17.0 Å². The summed E-state index contributed by atoms with van der Waals surface area (Å²) in [5, 5.41) is 3.40. The third-order valence-corrected chi connectivity index (χ3v) is 6.44. The molecule has 7 heteroatoms. The number of carbonyl (C=O) groups excluding carboxylic acids is 2. The van der Waals surface area contributed by atoms with Crippen molar-refractivity contribution in [1.82, 2.24) is 20.1 Å². The minimum atomic E-state index is -0.392. The highest BCUT2D eigenvalue weighted by Gasteiger charge is 2.37. The number of carbonyl (C=O) groups is 2. The minimum absolute atomic E-state index is 0.0578. The Morgan fingerprint density at radius 2 is 1.79 bits per heavy atom. The first kappa shape index (κ1) is 23.0. The smallest absolute Gasteiger partial charge is 0.272 e. The first-order valence-corrected chi connectivity index (χ1v) is 11.6. The molecule has 7 nitrogen and oxygen atoms in total. The maximum absolute atomic E-state index is 12.7. The van der Waals surface area contributed by atoms with E-state index in [2.05, 4.69) is 16.4 Å². The predicted molar refractivity (Wildman–Crippen MR) is 128 cm³/mol. The van der Waals surface area contributed by atoms with Crippen molar-refractivity contribution >= 4 is 17.4 Å². The fraction of sp³-hybridized carbons (Fsp3) is 0.423. The first-order chi connectivity index (χ1) is 15.9. The number of piperidine rings is 1. The first-order valence-electron chi connectivity index (χ1n) is 11.6. The largest absolute Gasteiger partial charge is 0.482 e. The summed E-state index contributed by atoms with van der Waals surface area (Å²) in [6.45, 7) is 6.98. The molecule has 1 spiro atoms. The second-order valence-electron chi connectivity index (χ2n) is 8.79. The minimum Gasteiger partial charge on any atom is -0.482 e. The Balaban J connectivity index is 1.76. The van der Waals surface area contributed by atoms with Gasteiger partial charge in [0, 0.05) is 62.9 Å². The van der Waals surface area contributed by atoms with Crippen molar-refractivity contribution in [2.75, 3.05) is 40.3 Å². The number of aromatic nitrogens is 1. The van der Waals surface area contributed by atoms with Gasteiger partial charge in [0.25, 0.3) is 11.8 Å². The SMILES string of the molecule is CCN(CC)C(=O)c1ccc(C2=CC3(CCNCC3)Oc3ccc(C(=O)N(C)C)cc32)cn1. The Labute approximate surface area is 195 Å². The van der Waals surface area contributed by atoms with Crippen LogP contribution in [0.2, 0.25) is 0 Å². The number of fused-ring (bicyclic) bond motifs is 1. The van der Waals surface area contributed by atoms with Gasteiger partial charge in [-0.1, -0.05) is 6.07 Å². The molecule has 1 aromatic carbocycles. The number of pyridine rings is 1. The molecule has 0 radical (unpaired) electrons. The molecule has 1 saturated heterocycles. The molecule has 0 saturated carbocycles. The molecular formula is C26H32N4O3. The van der Waals surface area contributed by atoms with Gasteiger partial charge in [-0.25, -0.2) is 0 Å². The lowest BCUT2D eigenvalue weighted by atomic mass is 9.83. The lowest BCUT2D eigenvalue weighted by Gasteiger charge is -2.40. The van der Waals surface area contributed by atoms with Crippen LogP contribution in [0.3, 0.4) is 0 Å². The Kier molecular flexibility index (Phi) is 6.51. The summed E-state index contributed by atoms with van der Waals surface area (Å²) in [5.41, 5.74) is 3.41. The van der Waals surface area contributed by atoms with Crippen LogP contribution in [0.1, 0.15) is 58.7 Å². The molecule has 1 fully saturated rings. The van der Waals surface area contributed by atoms with E-state index >= 15 is 0 Å². The highest BCUT2D eigenvalue weighted by atomic mass is 16.5. The van der Waals surface area contributed by atoms with Crippen molar-refractivity contribution in [3.63, 3.8) is 0 Å². The van der Waals surface area contributed by atoms with E-state index in [9.17, 15) is 9.59 Å². The summed E-state index contributed by atoms with van der Waals surface area (Å²) in [6, 6.07) is 9.35. The van der Waals surface area contributed by atoms with Crippen LogP contribution in [0.15, 0.2) is 42.6 Å². The lowest BCUT2D eigenvalue weighted by Crippen LogP contribution is -2.46. The van der Waals surface area contributed by atoms with E-state index in [1.54, 1.807) is 36.2 Å². The van der Waals surface area contributed by atoms with Gasteiger partial charge >= 0.3 is 0 Å². The molecule has 4 rings (SSSR count). The predicted octanol–water partition coefficient (Wildman–Crippen LogP) is 3.21. The summed E-state index contributed by atoms with van der Waals surface area (Å²) in [6.07, 6.45) is 5.66. The molecular weight excluding hydrogens is 416 g/mol. The average molecular weight is 449 g/mol. The number of hydrogen-bond donors (Lipinski definition) is 1. The zero-order chi connectivity index (χ0) is 23.6. The van der Waals surface area contributed by atoms with Crippen molar-refractivity contribution in [2.45, 2.75) is 32.3 Å². The normalized spacial score (nSPS) is 16.4. The lowest BCUT2D eigenvalue weighted by molar-refractivity contribution is 0.0765. The van der Waals surface area contributed by atoms with E-state index in [4.69, 9.17) is 4.74 Å². The van der Waals surface area contributed by atoms with Gasteiger partial charge in [0.15, 0.2) is 0 Å². The summed E-state index contributed by atoms with van der Waals surface area (Å²) in [4.78, 5) is 33.1. The van der Waals surface area contributed by atoms with Crippen LogP contribution in [0, 0.1) is 0 Å². The maximum atomic E-state index is 12.7. The fourth-order valence-corrected chi connectivity index (χ4v) is 4.50. The fourth-order valence-electron chi connectivity index (χ4n) is 4.50. The molecule has 2 amide bonds. The molecule has 0 aliphatic carbocycles. The number of rotatable bonds is 5. The third kappa shape index (κ3) is 4.50. The van der Waals surface area contributed by atoms with Crippen LogP contribution < -0.4 is 10.1 Å². The number of ether oxygens (including phenoxy) is 1. The zero-order valence-corrected chi connectivity index (χ0v) is 19.9. The van der Waals surface area contributed by atoms with Crippen molar-refractivity contribution < 1.29 is 14.3 Å². The third-order valence-electron chi connectivity index (χ3n) is 6.44. The van der Waals surface area contributed by atoms with Gasteiger partial charge < -0.3 is 19.9 Å². The summed E-state index contributed by atoms with van der Waals surface area (Å²) in [5.74, 6) is 0.646. The molecule has 2 aliphatic rings. The van der Waals surface area contributed by atoms with Gasteiger partial charge in [-0.15, -0.1) is 0 Å². The molecule has 33 heavy (non-hydrogen) atoms. The van der Waals surface area contributed by atoms with Gasteiger partial charge in [0.2, 0.25) is 0 Å². The van der Waals surface area contributed by atoms with Crippen LogP contribution in [0.4, 0.5) is 0 Å². The molecule has 3 heterocycles. The molecule has 0 bridgehead atoms. The summed E-state index contributed by atoms with van der Waals surface area (Å²) >= 11 is 0. The molecule has 0 atom stereocenters. The molecule has 0 unspecified atom stereocenters. The van der Waals surface area contributed by atoms with E-state index in [1.807, 2.05) is 38.1 Å². The van der Waals surface area contributed by atoms with Crippen molar-refractivity contribution in [3.8, 4) is 5.75 Å². The van der Waals surface area contributed by atoms with Gasteiger partial charge in [-0.3, -0.25) is 14.6 Å². The number of nitrogens with one attached hydrogen (secondary N) is 1. The maximum Gasteiger partial charge on any atom is 0.272 e. The molecule has 1 N–H and O–H groups in total. The monoisotopic (exact) mass is 448 g/mol. The van der Waals surface area contributed by atoms with E-state index in [0.717, 1.165) is 48.4 Å². The number of nitrogens with zero attached hydrogens (tertiary/aromatic N) is 3. The second kappa shape index (κ2) is 9.35. The van der Waals surface area contributed by atoms with E-state index < -0.39 is 5.60 Å². The topological polar surface area (TPSA) is 74.8 Å². The number of hydrogen-bond acceptors (Lipinski definition) is 5. The van der Waals surface area contributed by atoms with E-state index in [1.165, 1.54) is 0 Å². The van der Waals surface area contributed by atoms with Crippen LogP contribution >= 0.6 is 0 Å². The zero-order valence-electron chi connectivity index (χ0n) is 19.9. The van der Waals surface area contributed by atoms with Gasteiger partial charge in [-0.2, -0.15) is 0 Å². The van der Waals surface area contributed by atoms with E-state index in [-0.39, 0.29) is 11.8 Å². The average Bonchev–Trinajstić information content (AvgIpc) is 2.84. The summed E-state index contributed by atoms with van der Waals surface area (Å²) in [7, 11) is 3.49. The highest BCUT2D eigenvalue weighted by Crippen LogP contribution is 2.43. The van der Waals surface area contributed by atoms with Crippen LogP contribution in [-0.2, 0) is 0 Å². The molecule has 2 aromatic rings. The molecule has 2 aliphatic heterocycles. The Bertz CT molecular complexity index is 1070. The number of amides is 2. The van der Waals surface area contributed by atoms with Crippen LogP contribution in [0.25, 0.3) is 5.57 Å². The Morgan fingerprint density at radius 3 is 2.39 bits per heavy atom. The molecule has 174 valence electrons. The van der Waals surface area contributed by atoms with Crippen molar-refractivity contribution in [3.05, 3.63) is 65.0 Å². The molecule has 1 aromatic heterocycles. The quantitative estimate of drug-likeness (QED) is 0.760. The highest BCUT2D eigenvalue weighted by molar-refractivity contribution is 5.97. The second-order valence-corrected chi connectivity index (χ2v) is 8.79. The standard InChI is InChI=1S/C26H32N4O3/c1-5-30(6-2)25(32)22-9-7-19(17-28-22)21-16-26(11-13-27-14-12-26)33-23-10-8-18(15-20(21)23)24(31)29(3)4/h7-10,15-17,27H,5-6,11-14H2,1-4H3. The van der Waals surface area contributed by atoms with Crippen molar-refractivity contribution in [2.24, 2.45) is 0 Å². The van der Waals surface area contributed by atoms with Crippen LogP contribution in [0.5, 0.6) is 5.75 Å². The van der Waals surface area contributed by atoms with E-state index in [0.29, 0.717) is 24.3 Å². The van der Waals surface area contributed by atoms with Crippen LogP contribution in [-0.4, -0.2) is 72.5 Å². The number of benzene rings is 1. The van der Waals surface area contributed by atoms with Crippen molar-refractivity contribution in [1.29, 1.82) is 0 Å².